The Labute approximate surface area is 153 Å². The standard InChI is InChI=1S/C19H20O6S/c1-5-7-13-19(17(20)24-3,18(21)25-4)14-15(6-2)26(22,23)16-11-9-8-10-12-16/h1,8-12H,2,7,13-14H2,3-4H3. The van der Waals surface area contributed by atoms with Gasteiger partial charge < -0.3 is 9.47 Å². The maximum Gasteiger partial charge on any atom is 0.323 e. The Morgan fingerprint density at radius 1 is 1.15 bits per heavy atom. The van der Waals surface area contributed by atoms with E-state index in [1.807, 2.05) is 0 Å². The Balaban J connectivity index is 3.48. The molecule has 0 spiro atoms. The number of methoxy groups -OCH3 is 2. The van der Waals surface area contributed by atoms with Gasteiger partial charge in [-0.15, -0.1) is 18.1 Å². The van der Waals surface area contributed by atoms with Gasteiger partial charge in [0, 0.05) is 12.8 Å². The maximum atomic E-state index is 12.9. The maximum absolute atomic E-state index is 12.9. The number of sulfone groups is 1. The highest BCUT2D eigenvalue weighted by atomic mass is 32.2. The average Bonchev–Trinajstić information content (AvgIpc) is 2.67. The number of carbonyl (C=O) groups is 2. The molecule has 0 aliphatic carbocycles. The van der Waals surface area contributed by atoms with E-state index in [2.05, 4.69) is 18.2 Å². The summed E-state index contributed by atoms with van der Waals surface area (Å²) in [6, 6.07) is 7.56. The van der Waals surface area contributed by atoms with Crippen molar-refractivity contribution in [1.29, 1.82) is 0 Å². The van der Waals surface area contributed by atoms with Crippen molar-refractivity contribution in [3.05, 3.63) is 47.5 Å². The summed E-state index contributed by atoms with van der Waals surface area (Å²) in [7, 11) is -1.82. The molecule has 1 aromatic carbocycles. The highest BCUT2D eigenvalue weighted by Crippen LogP contribution is 2.37. The van der Waals surface area contributed by atoms with Gasteiger partial charge in [-0.1, -0.05) is 24.8 Å². The molecule has 138 valence electrons. The van der Waals surface area contributed by atoms with E-state index in [1.165, 1.54) is 12.1 Å². The van der Waals surface area contributed by atoms with E-state index in [0.717, 1.165) is 14.2 Å². The molecule has 6 nitrogen and oxygen atoms in total. The van der Waals surface area contributed by atoms with Crippen molar-refractivity contribution >= 4 is 21.8 Å². The molecule has 0 amide bonds. The molecule has 0 atom stereocenters. The summed E-state index contributed by atoms with van der Waals surface area (Å²) in [5.74, 6) is 0.463. The van der Waals surface area contributed by atoms with Gasteiger partial charge in [0.15, 0.2) is 5.41 Å². The van der Waals surface area contributed by atoms with Crippen LogP contribution in [0.1, 0.15) is 19.3 Å². The Morgan fingerprint density at radius 3 is 2.12 bits per heavy atom. The van der Waals surface area contributed by atoms with Crippen LogP contribution in [0.2, 0.25) is 0 Å². The van der Waals surface area contributed by atoms with Crippen molar-refractivity contribution in [2.45, 2.75) is 24.2 Å². The first-order valence-electron chi connectivity index (χ1n) is 7.59. The summed E-state index contributed by atoms with van der Waals surface area (Å²) in [4.78, 5) is 24.5. The Morgan fingerprint density at radius 2 is 1.69 bits per heavy atom. The molecule has 0 aromatic heterocycles. The van der Waals surface area contributed by atoms with Crippen LogP contribution in [0.4, 0.5) is 0 Å². The van der Waals surface area contributed by atoms with Crippen LogP contribution in [-0.2, 0) is 28.9 Å². The number of carbonyl (C=O) groups excluding carboxylic acids is 2. The van der Waals surface area contributed by atoms with Crippen LogP contribution in [0, 0.1) is 17.8 Å². The molecular formula is C19H20O6S. The largest absolute Gasteiger partial charge is 0.468 e. The minimum atomic E-state index is -4.02. The number of esters is 2. The Hall–Kier alpha value is -2.81. The molecule has 0 aliphatic heterocycles. The van der Waals surface area contributed by atoms with Crippen molar-refractivity contribution in [1.82, 2.24) is 0 Å². The monoisotopic (exact) mass is 376 g/mol. The van der Waals surface area contributed by atoms with Crippen LogP contribution < -0.4 is 0 Å². The molecule has 1 aromatic rings. The van der Waals surface area contributed by atoms with E-state index in [-0.39, 0.29) is 22.6 Å². The fourth-order valence-electron chi connectivity index (χ4n) is 2.46. The third-order valence-electron chi connectivity index (χ3n) is 3.89. The number of rotatable bonds is 8. The Bertz CT molecular complexity index is 839. The zero-order chi connectivity index (χ0) is 19.8. The average molecular weight is 376 g/mol. The zero-order valence-electron chi connectivity index (χ0n) is 14.7. The highest BCUT2D eigenvalue weighted by molar-refractivity contribution is 7.95. The van der Waals surface area contributed by atoms with Crippen molar-refractivity contribution in [3.63, 3.8) is 0 Å². The van der Waals surface area contributed by atoms with Crippen LogP contribution in [0.25, 0.3) is 0 Å². The summed E-state index contributed by atoms with van der Waals surface area (Å²) >= 11 is 0. The van der Waals surface area contributed by atoms with Gasteiger partial charge in [0.1, 0.15) is 0 Å². The summed E-state index contributed by atoms with van der Waals surface area (Å²) in [5, 5.41) is 0. The van der Waals surface area contributed by atoms with Crippen molar-refractivity contribution in [2.75, 3.05) is 14.2 Å². The highest BCUT2D eigenvalue weighted by Gasteiger charge is 2.50. The van der Waals surface area contributed by atoms with Crippen LogP contribution in [0.3, 0.4) is 0 Å². The first kappa shape index (κ1) is 21.2. The summed E-state index contributed by atoms with van der Waals surface area (Å²) < 4.78 is 35.2. The molecular weight excluding hydrogens is 356 g/mol. The van der Waals surface area contributed by atoms with Crippen LogP contribution in [-0.4, -0.2) is 34.6 Å². The normalized spacial score (nSPS) is 11.0. The van der Waals surface area contributed by atoms with Gasteiger partial charge in [0.25, 0.3) is 0 Å². The predicted molar refractivity (Wildman–Crippen MR) is 95.4 cm³/mol. The van der Waals surface area contributed by atoms with Crippen LogP contribution >= 0.6 is 0 Å². The van der Waals surface area contributed by atoms with E-state index in [1.54, 1.807) is 18.2 Å². The van der Waals surface area contributed by atoms with E-state index in [0.29, 0.717) is 0 Å². The fourth-order valence-corrected chi connectivity index (χ4v) is 3.89. The SMILES string of the molecule is C#CCCC(CC(=C=C)S(=O)(=O)c1ccccc1)(C(=O)OC)C(=O)OC. The first-order chi connectivity index (χ1) is 12.3. The van der Waals surface area contributed by atoms with Gasteiger partial charge in [-0.05, 0) is 18.6 Å². The van der Waals surface area contributed by atoms with E-state index in [9.17, 15) is 18.0 Å². The molecule has 0 N–H and O–H groups in total. The second-order valence-electron chi connectivity index (χ2n) is 5.36. The van der Waals surface area contributed by atoms with E-state index >= 15 is 0 Å². The lowest BCUT2D eigenvalue weighted by molar-refractivity contribution is -0.169. The molecule has 26 heavy (non-hydrogen) atoms. The number of hydrogen-bond donors (Lipinski definition) is 0. The van der Waals surface area contributed by atoms with Crippen LogP contribution in [0.5, 0.6) is 0 Å². The molecule has 1 rings (SSSR count). The van der Waals surface area contributed by atoms with Crippen molar-refractivity contribution < 1.29 is 27.5 Å². The second-order valence-corrected chi connectivity index (χ2v) is 7.33. The molecule has 0 bridgehead atoms. The zero-order valence-corrected chi connectivity index (χ0v) is 15.5. The van der Waals surface area contributed by atoms with Crippen molar-refractivity contribution in [3.8, 4) is 12.3 Å². The van der Waals surface area contributed by atoms with E-state index < -0.39 is 33.6 Å². The topological polar surface area (TPSA) is 86.7 Å². The number of allylic oxidation sites excluding steroid dienone is 1. The quantitative estimate of drug-likeness (QED) is 0.299. The number of hydrogen-bond acceptors (Lipinski definition) is 6. The van der Waals surface area contributed by atoms with Gasteiger partial charge in [-0.2, -0.15) is 0 Å². The molecule has 0 saturated heterocycles. The van der Waals surface area contributed by atoms with Gasteiger partial charge in [0.2, 0.25) is 9.84 Å². The molecule has 0 saturated carbocycles. The third kappa shape index (κ3) is 4.23. The lowest BCUT2D eigenvalue weighted by Gasteiger charge is -2.28. The number of ether oxygens (including phenoxy) is 2. The minimum absolute atomic E-state index is 0.00766. The fraction of sp³-hybridized carbons (Fsp3) is 0.316. The van der Waals surface area contributed by atoms with Gasteiger partial charge in [-0.3, -0.25) is 9.59 Å². The molecule has 7 heteroatoms. The Kier molecular flexibility index (Phi) is 7.39. The van der Waals surface area contributed by atoms with Gasteiger partial charge >= 0.3 is 11.9 Å². The van der Waals surface area contributed by atoms with E-state index in [4.69, 9.17) is 15.9 Å². The molecule has 0 fully saturated rings. The molecule has 0 radical (unpaired) electrons. The summed E-state index contributed by atoms with van der Waals surface area (Å²) in [5.41, 5.74) is 0.437. The molecule has 0 aliphatic rings. The molecule has 0 unspecified atom stereocenters. The second kappa shape index (κ2) is 9.04. The third-order valence-corrected chi connectivity index (χ3v) is 5.72. The van der Waals surface area contributed by atoms with Gasteiger partial charge in [-0.25, -0.2) is 8.42 Å². The number of terminal acetylenes is 1. The lowest BCUT2D eigenvalue weighted by Crippen LogP contribution is -2.42. The smallest absolute Gasteiger partial charge is 0.323 e. The minimum Gasteiger partial charge on any atom is -0.468 e. The van der Waals surface area contributed by atoms with Crippen molar-refractivity contribution in [2.24, 2.45) is 5.41 Å². The molecule has 0 heterocycles. The summed E-state index contributed by atoms with van der Waals surface area (Å²) in [6.45, 7) is 3.40. The summed E-state index contributed by atoms with van der Waals surface area (Å²) in [6.07, 6.45) is 4.63. The van der Waals surface area contributed by atoms with Gasteiger partial charge in [0.05, 0.1) is 24.0 Å². The number of benzene rings is 1. The first-order valence-corrected chi connectivity index (χ1v) is 9.07. The van der Waals surface area contributed by atoms with Crippen LogP contribution in [0.15, 0.2) is 52.4 Å². The predicted octanol–water partition coefficient (Wildman–Crippen LogP) is 2.27. The lowest BCUT2D eigenvalue weighted by atomic mass is 9.79.